The molecule has 0 atom stereocenters. The van der Waals surface area contributed by atoms with Crippen LogP contribution in [0.2, 0.25) is 0 Å². The average molecular weight is 501 g/mol. The normalized spacial score (nSPS) is 14.0. The Morgan fingerprint density at radius 1 is 0.865 bits per heavy atom. The summed E-state index contributed by atoms with van der Waals surface area (Å²) in [5, 5.41) is 5.01. The topological polar surface area (TPSA) is 75.7 Å². The highest BCUT2D eigenvalue weighted by Gasteiger charge is 2.24. The Hall–Kier alpha value is -4.60. The lowest BCUT2D eigenvalue weighted by molar-refractivity contribution is -0.132. The maximum absolute atomic E-state index is 13.8. The molecule has 10 heteroatoms. The molecule has 0 spiro atoms. The molecule has 5 aromatic rings. The van der Waals surface area contributed by atoms with Gasteiger partial charge in [-0.25, -0.2) is 18.6 Å². The summed E-state index contributed by atoms with van der Waals surface area (Å²) in [7, 11) is 0. The van der Waals surface area contributed by atoms with E-state index in [9.17, 15) is 18.4 Å². The number of hydrogen-bond acceptors (Lipinski definition) is 5. The van der Waals surface area contributed by atoms with Crippen molar-refractivity contribution in [1.82, 2.24) is 24.1 Å². The van der Waals surface area contributed by atoms with Crippen LogP contribution in [0.4, 0.5) is 14.5 Å². The van der Waals surface area contributed by atoms with Crippen molar-refractivity contribution in [3.63, 3.8) is 0 Å². The van der Waals surface area contributed by atoms with Crippen LogP contribution in [0.3, 0.4) is 0 Å². The monoisotopic (exact) mass is 500 g/mol. The first-order valence-corrected chi connectivity index (χ1v) is 11.9. The Balaban J connectivity index is 1.30. The molecular weight excluding hydrogens is 478 g/mol. The number of rotatable bonds is 4. The number of piperazine rings is 1. The van der Waals surface area contributed by atoms with Gasteiger partial charge in [-0.05, 0) is 48.5 Å². The molecule has 0 radical (unpaired) electrons. The van der Waals surface area contributed by atoms with Crippen molar-refractivity contribution < 1.29 is 13.6 Å². The fourth-order valence-corrected chi connectivity index (χ4v) is 4.74. The first-order chi connectivity index (χ1) is 18.0. The minimum atomic E-state index is -0.498. The highest BCUT2D eigenvalue weighted by Crippen LogP contribution is 2.22. The minimum absolute atomic E-state index is 0.152. The fraction of sp³-hybridized carbons (Fsp3) is 0.185. The summed E-state index contributed by atoms with van der Waals surface area (Å²) in [6, 6.07) is 19.4. The summed E-state index contributed by atoms with van der Waals surface area (Å²) in [6.07, 6.45) is 0. The van der Waals surface area contributed by atoms with E-state index in [1.807, 2.05) is 12.1 Å². The SMILES string of the molecule is O=C(Cn1c(=O)n2nc(-c3cccc(F)c3)nc2c2ccccc21)N1CCN(c2ccc(F)cc2)CC1. The molecule has 37 heavy (non-hydrogen) atoms. The zero-order valence-corrected chi connectivity index (χ0v) is 19.7. The molecule has 0 bridgehead atoms. The van der Waals surface area contributed by atoms with Crippen LogP contribution in [0.15, 0.2) is 77.6 Å². The van der Waals surface area contributed by atoms with Crippen molar-refractivity contribution in [1.29, 1.82) is 0 Å². The quantitative estimate of drug-likeness (QED) is 0.379. The summed E-state index contributed by atoms with van der Waals surface area (Å²) in [5.41, 5.74) is 1.77. The van der Waals surface area contributed by atoms with E-state index in [4.69, 9.17) is 0 Å². The molecule has 1 saturated heterocycles. The smallest absolute Gasteiger partial charge is 0.351 e. The summed E-state index contributed by atoms with van der Waals surface area (Å²) >= 11 is 0. The van der Waals surface area contributed by atoms with Gasteiger partial charge in [0.05, 0.1) is 5.52 Å². The van der Waals surface area contributed by atoms with E-state index in [0.717, 1.165) is 5.69 Å². The van der Waals surface area contributed by atoms with Crippen molar-refractivity contribution in [2.24, 2.45) is 0 Å². The molecule has 3 aromatic carbocycles. The molecule has 2 aromatic heterocycles. The van der Waals surface area contributed by atoms with E-state index in [2.05, 4.69) is 15.0 Å². The van der Waals surface area contributed by atoms with Gasteiger partial charge in [0.2, 0.25) is 5.91 Å². The van der Waals surface area contributed by atoms with E-state index in [1.165, 1.54) is 33.3 Å². The molecule has 0 saturated carbocycles. The zero-order chi connectivity index (χ0) is 25.5. The molecule has 186 valence electrons. The number of carbonyl (C=O) groups excluding carboxylic acids is 1. The Morgan fingerprint density at radius 3 is 2.38 bits per heavy atom. The van der Waals surface area contributed by atoms with Crippen LogP contribution in [0.25, 0.3) is 27.9 Å². The molecular formula is C27H22F2N6O2. The van der Waals surface area contributed by atoms with Crippen molar-refractivity contribution in [3.8, 4) is 11.4 Å². The second-order valence-corrected chi connectivity index (χ2v) is 8.91. The Kier molecular flexibility index (Phi) is 5.63. The van der Waals surface area contributed by atoms with Crippen molar-refractivity contribution in [2.45, 2.75) is 6.54 Å². The first kappa shape index (κ1) is 22.8. The number of nitrogens with zero attached hydrogens (tertiary/aromatic N) is 6. The Labute approximate surface area is 210 Å². The fourth-order valence-electron chi connectivity index (χ4n) is 4.74. The number of aromatic nitrogens is 4. The molecule has 3 heterocycles. The van der Waals surface area contributed by atoms with Gasteiger partial charge in [0, 0.05) is 42.8 Å². The number of anilines is 1. The van der Waals surface area contributed by atoms with Crippen LogP contribution < -0.4 is 10.6 Å². The van der Waals surface area contributed by atoms with Crippen LogP contribution in [0.1, 0.15) is 0 Å². The predicted octanol–water partition coefficient (Wildman–Crippen LogP) is 3.34. The molecule has 8 nitrogen and oxygen atoms in total. The molecule has 0 N–H and O–H groups in total. The van der Waals surface area contributed by atoms with Crippen LogP contribution in [-0.2, 0) is 11.3 Å². The predicted molar refractivity (Wildman–Crippen MR) is 135 cm³/mol. The largest absolute Gasteiger partial charge is 0.368 e. The van der Waals surface area contributed by atoms with Crippen molar-refractivity contribution in [2.75, 3.05) is 31.1 Å². The van der Waals surface area contributed by atoms with Crippen LogP contribution in [0, 0.1) is 11.6 Å². The van der Waals surface area contributed by atoms with Gasteiger partial charge in [0.15, 0.2) is 11.5 Å². The van der Waals surface area contributed by atoms with E-state index in [-0.39, 0.29) is 24.1 Å². The standard InChI is InChI=1S/C27H22F2N6O2/c28-19-8-10-21(11-9-19)32-12-14-33(15-13-32)24(36)17-34-23-7-2-1-6-22(23)26-30-25(31-35(26)27(34)37)18-4-3-5-20(29)16-18/h1-11,16H,12-15,17H2. The molecule has 0 aliphatic carbocycles. The van der Waals surface area contributed by atoms with Crippen LogP contribution in [0.5, 0.6) is 0 Å². The van der Waals surface area contributed by atoms with E-state index in [1.54, 1.807) is 41.3 Å². The molecule has 6 rings (SSSR count). The summed E-state index contributed by atoms with van der Waals surface area (Å²) in [6.45, 7) is 2.02. The van der Waals surface area contributed by atoms with Gasteiger partial charge >= 0.3 is 5.69 Å². The van der Waals surface area contributed by atoms with E-state index >= 15 is 0 Å². The lowest BCUT2D eigenvalue weighted by atomic mass is 10.2. The third kappa shape index (κ3) is 4.20. The van der Waals surface area contributed by atoms with Gasteiger partial charge in [-0.15, -0.1) is 5.10 Å². The summed E-state index contributed by atoms with van der Waals surface area (Å²) < 4.78 is 29.6. The third-order valence-corrected chi connectivity index (χ3v) is 6.66. The molecule has 1 amide bonds. The van der Waals surface area contributed by atoms with Gasteiger partial charge in [0.1, 0.15) is 18.2 Å². The second kappa shape index (κ2) is 9.12. The minimum Gasteiger partial charge on any atom is -0.368 e. The highest BCUT2D eigenvalue weighted by molar-refractivity contribution is 5.92. The number of benzene rings is 3. The summed E-state index contributed by atoms with van der Waals surface area (Å²) in [4.78, 5) is 35.1. The highest BCUT2D eigenvalue weighted by atomic mass is 19.1. The molecule has 0 unspecified atom stereocenters. The molecule has 1 aliphatic heterocycles. The molecule has 1 aliphatic rings. The molecule has 1 fully saturated rings. The van der Waals surface area contributed by atoms with Gasteiger partial charge in [0.25, 0.3) is 0 Å². The lowest BCUT2D eigenvalue weighted by Gasteiger charge is -2.36. The van der Waals surface area contributed by atoms with Gasteiger partial charge < -0.3 is 9.80 Å². The number of fused-ring (bicyclic) bond motifs is 3. The lowest BCUT2D eigenvalue weighted by Crippen LogP contribution is -2.50. The van der Waals surface area contributed by atoms with Gasteiger partial charge in [-0.1, -0.05) is 24.3 Å². The van der Waals surface area contributed by atoms with E-state index in [0.29, 0.717) is 48.3 Å². The number of hydrogen-bond donors (Lipinski definition) is 0. The third-order valence-electron chi connectivity index (χ3n) is 6.66. The Morgan fingerprint density at radius 2 is 1.62 bits per heavy atom. The van der Waals surface area contributed by atoms with Crippen LogP contribution in [-0.4, -0.2) is 56.2 Å². The number of halogens is 2. The van der Waals surface area contributed by atoms with E-state index < -0.39 is 11.5 Å². The maximum atomic E-state index is 13.8. The van der Waals surface area contributed by atoms with Crippen LogP contribution >= 0.6 is 0 Å². The second-order valence-electron chi connectivity index (χ2n) is 8.91. The van der Waals surface area contributed by atoms with Gasteiger partial charge in [-0.3, -0.25) is 9.36 Å². The maximum Gasteiger partial charge on any atom is 0.351 e. The number of carbonyl (C=O) groups is 1. The average Bonchev–Trinajstić information content (AvgIpc) is 3.38. The summed E-state index contributed by atoms with van der Waals surface area (Å²) in [5.74, 6) is -0.676. The number of amides is 1. The number of para-hydroxylation sites is 1. The van der Waals surface area contributed by atoms with Crippen molar-refractivity contribution >= 4 is 28.1 Å². The zero-order valence-electron chi connectivity index (χ0n) is 19.7. The van der Waals surface area contributed by atoms with Gasteiger partial charge in [-0.2, -0.15) is 4.52 Å². The Bertz CT molecular complexity index is 1690. The van der Waals surface area contributed by atoms with Crippen molar-refractivity contribution in [3.05, 3.63) is 94.9 Å². The first-order valence-electron chi connectivity index (χ1n) is 11.9.